The molecule has 0 aliphatic carbocycles. The average Bonchev–Trinajstić information content (AvgIpc) is 3.02. The van der Waals surface area contributed by atoms with Crippen LogP contribution in [0.4, 0.5) is 5.69 Å². The summed E-state index contributed by atoms with van der Waals surface area (Å²) in [7, 11) is 1.60. The number of ether oxygens (including phenoxy) is 1. The molecule has 0 spiro atoms. The molecule has 0 fully saturated rings. The van der Waals surface area contributed by atoms with Crippen LogP contribution >= 0.6 is 0 Å². The summed E-state index contributed by atoms with van der Waals surface area (Å²) < 4.78 is 7.08. The van der Waals surface area contributed by atoms with Crippen LogP contribution in [0.2, 0.25) is 0 Å². The van der Waals surface area contributed by atoms with Crippen LogP contribution in [0.25, 0.3) is 0 Å². The third-order valence-corrected chi connectivity index (χ3v) is 4.07. The van der Waals surface area contributed by atoms with Crippen molar-refractivity contribution >= 4 is 11.6 Å². The fraction of sp³-hybridized carbons (Fsp3) is 0.200. The van der Waals surface area contributed by atoms with Gasteiger partial charge in [-0.2, -0.15) is 5.10 Å². The molecule has 0 saturated heterocycles. The van der Waals surface area contributed by atoms with Gasteiger partial charge in [0.05, 0.1) is 25.5 Å². The van der Waals surface area contributed by atoms with Crippen LogP contribution < -0.4 is 10.1 Å². The molecule has 1 amide bonds. The van der Waals surface area contributed by atoms with E-state index in [1.807, 2.05) is 36.0 Å². The van der Waals surface area contributed by atoms with Gasteiger partial charge in [0.1, 0.15) is 5.75 Å². The number of hydrogen-bond acceptors (Lipinski definition) is 3. The monoisotopic (exact) mass is 335 g/mol. The Balaban J connectivity index is 1.72. The molecule has 5 heteroatoms. The maximum absolute atomic E-state index is 12.5. The lowest BCUT2D eigenvalue weighted by Crippen LogP contribution is -2.13. The molecule has 0 unspecified atom stereocenters. The van der Waals surface area contributed by atoms with E-state index in [0.29, 0.717) is 23.5 Å². The Bertz CT molecular complexity index is 899. The van der Waals surface area contributed by atoms with E-state index in [4.69, 9.17) is 4.74 Å². The summed E-state index contributed by atoms with van der Waals surface area (Å²) >= 11 is 0. The normalized spacial score (nSPS) is 10.5. The van der Waals surface area contributed by atoms with Crippen molar-refractivity contribution in [3.63, 3.8) is 0 Å². The quantitative estimate of drug-likeness (QED) is 0.771. The first-order chi connectivity index (χ1) is 12.1. The van der Waals surface area contributed by atoms with E-state index in [2.05, 4.69) is 35.5 Å². The highest BCUT2D eigenvalue weighted by atomic mass is 16.5. The Morgan fingerprint density at radius 3 is 2.76 bits per heavy atom. The molecule has 0 aliphatic heterocycles. The van der Waals surface area contributed by atoms with Gasteiger partial charge in [-0.05, 0) is 31.5 Å². The van der Waals surface area contributed by atoms with Crippen molar-refractivity contribution in [1.29, 1.82) is 0 Å². The van der Waals surface area contributed by atoms with Gasteiger partial charge in [-0.25, -0.2) is 0 Å². The zero-order valence-corrected chi connectivity index (χ0v) is 14.6. The Labute approximate surface area is 147 Å². The van der Waals surface area contributed by atoms with Crippen molar-refractivity contribution in [2.24, 2.45) is 0 Å². The maximum Gasteiger partial charge on any atom is 0.256 e. The molecular weight excluding hydrogens is 314 g/mol. The second-order valence-electron chi connectivity index (χ2n) is 6.00. The molecular formula is C20H21N3O2. The third kappa shape index (κ3) is 3.88. The molecule has 0 aliphatic rings. The number of carbonyl (C=O) groups excluding carboxylic acids is 1. The van der Waals surface area contributed by atoms with Gasteiger partial charge in [-0.1, -0.05) is 35.9 Å². The molecule has 2 aromatic carbocycles. The summed E-state index contributed by atoms with van der Waals surface area (Å²) in [6.45, 7) is 4.60. The van der Waals surface area contributed by atoms with Crippen LogP contribution in [-0.4, -0.2) is 22.8 Å². The molecule has 1 aromatic heterocycles. The van der Waals surface area contributed by atoms with E-state index in [0.717, 1.165) is 5.56 Å². The van der Waals surface area contributed by atoms with Gasteiger partial charge in [0, 0.05) is 17.3 Å². The largest absolute Gasteiger partial charge is 0.496 e. The molecule has 0 radical (unpaired) electrons. The Morgan fingerprint density at radius 2 is 2.00 bits per heavy atom. The molecule has 0 saturated carbocycles. The highest BCUT2D eigenvalue weighted by Crippen LogP contribution is 2.22. The number of aromatic nitrogens is 2. The number of nitrogens with zero attached hydrogens (tertiary/aromatic N) is 2. The number of nitrogens with one attached hydrogen (secondary N) is 1. The van der Waals surface area contributed by atoms with Gasteiger partial charge < -0.3 is 10.1 Å². The van der Waals surface area contributed by atoms with E-state index >= 15 is 0 Å². The molecule has 1 heterocycles. The van der Waals surface area contributed by atoms with Gasteiger partial charge in [-0.3, -0.25) is 9.48 Å². The number of anilines is 1. The van der Waals surface area contributed by atoms with Gasteiger partial charge >= 0.3 is 0 Å². The lowest BCUT2D eigenvalue weighted by Gasteiger charge is -2.09. The minimum absolute atomic E-state index is 0.175. The predicted molar refractivity (Wildman–Crippen MR) is 98.2 cm³/mol. The first-order valence-corrected chi connectivity index (χ1v) is 8.10. The Morgan fingerprint density at radius 1 is 1.20 bits per heavy atom. The second-order valence-corrected chi connectivity index (χ2v) is 6.00. The van der Waals surface area contributed by atoms with Gasteiger partial charge in [0.2, 0.25) is 0 Å². The van der Waals surface area contributed by atoms with Crippen molar-refractivity contribution < 1.29 is 9.53 Å². The molecule has 0 bridgehead atoms. The Hall–Kier alpha value is -3.08. The first kappa shape index (κ1) is 16.8. The summed E-state index contributed by atoms with van der Waals surface area (Å²) in [4.78, 5) is 12.5. The van der Waals surface area contributed by atoms with E-state index < -0.39 is 0 Å². The van der Waals surface area contributed by atoms with Crippen molar-refractivity contribution in [2.45, 2.75) is 20.4 Å². The van der Waals surface area contributed by atoms with Crippen LogP contribution in [-0.2, 0) is 6.54 Å². The third-order valence-electron chi connectivity index (χ3n) is 4.07. The van der Waals surface area contributed by atoms with E-state index in [-0.39, 0.29) is 5.91 Å². The van der Waals surface area contributed by atoms with Crippen LogP contribution in [0.1, 0.15) is 27.0 Å². The number of hydrogen-bond donors (Lipinski definition) is 1. The molecule has 3 rings (SSSR count). The SMILES string of the molecule is COc1cccc(C(=O)Nc2cnn(Cc3cccc(C)c3)c2)c1C. The predicted octanol–water partition coefficient (Wildman–Crippen LogP) is 3.81. The van der Waals surface area contributed by atoms with Crippen molar-refractivity contribution in [2.75, 3.05) is 12.4 Å². The van der Waals surface area contributed by atoms with Crippen LogP contribution in [0, 0.1) is 13.8 Å². The summed E-state index contributed by atoms with van der Waals surface area (Å²) in [6.07, 6.45) is 3.49. The van der Waals surface area contributed by atoms with Gasteiger partial charge in [0.15, 0.2) is 0 Å². The molecule has 0 atom stereocenters. The lowest BCUT2D eigenvalue weighted by atomic mass is 10.1. The second kappa shape index (κ2) is 7.21. The molecule has 3 aromatic rings. The summed E-state index contributed by atoms with van der Waals surface area (Å²) in [5.41, 5.74) is 4.46. The highest BCUT2D eigenvalue weighted by molar-refractivity contribution is 6.05. The average molecular weight is 335 g/mol. The van der Waals surface area contributed by atoms with Crippen LogP contribution in [0.3, 0.4) is 0 Å². The topological polar surface area (TPSA) is 56.1 Å². The zero-order chi connectivity index (χ0) is 17.8. The number of carbonyl (C=O) groups is 1. The first-order valence-electron chi connectivity index (χ1n) is 8.10. The van der Waals surface area contributed by atoms with Crippen LogP contribution in [0.15, 0.2) is 54.9 Å². The highest BCUT2D eigenvalue weighted by Gasteiger charge is 2.13. The van der Waals surface area contributed by atoms with E-state index in [1.54, 1.807) is 19.4 Å². The molecule has 1 N–H and O–H groups in total. The standard InChI is InChI=1S/C20H21N3O2/c1-14-6-4-7-16(10-14)12-23-13-17(11-21-23)22-20(24)18-8-5-9-19(25-3)15(18)2/h4-11,13H,12H2,1-3H3,(H,22,24). The summed E-state index contributed by atoms with van der Waals surface area (Å²) in [6, 6.07) is 13.7. The zero-order valence-electron chi connectivity index (χ0n) is 14.6. The number of amides is 1. The minimum atomic E-state index is -0.175. The van der Waals surface area contributed by atoms with Crippen molar-refractivity contribution in [3.05, 3.63) is 77.1 Å². The lowest BCUT2D eigenvalue weighted by molar-refractivity contribution is 0.102. The van der Waals surface area contributed by atoms with E-state index in [9.17, 15) is 4.79 Å². The smallest absolute Gasteiger partial charge is 0.256 e. The van der Waals surface area contributed by atoms with Crippen molar-refractivity contribution in [3.8, 4) is 5.75 Å². The fourth-order valence-corrected chi connectivity index (χ4v) is 2.79. The minimum Gasteiger partial charge on any atom is -0.496 e. The summed E-state index contributed by atoms with van der Waals surface area (Å²) in [5.74, 6) is 0.522. The van der Waals surface area contributed by atoms with E-state index in [1.165, 1.54) is 11.1 Å². The number of aryl methyl sites for hydroxylation is 1. The Kier molecular flexibility index (Phi) is 4.84. The maximum atomic E-state index is 12.5. The van der Waals surface area contributed by atoms with Crippen molar-refractivity contribution in [1.82, 2.24) is 9.78 Å². The molecule has 25 heavy (non-hydrogen) atoms. The van der Waals surface area contributed by atoms with Crippen LogP contribution in [0.5, 0.6) is 5.75 Å². The van der Waals surface area contributed by atoms with Gasteiger partial charge in [-0.15, -0.1) is 0 Å². The molecule has 5 nitrogen and oxygen atoms in total. The molecule has 128 valence electrons. The fourth-order valence-electron chi connectivity index (χ4n) is 2.79. The van der Waals surface area contributed by atoms with Gasteiger partial charge in [0.25, 0.3) is 5.91 Å². The number of methoxy groups -OCH3 is 1. The summed E-state index contributed by atoms with van der Waals surface area (Å²) in [5, 5.41) is 7.21. The number of benzene rings is 2. The number of rotatable bonds is 5.